The van der Waals surface area contributed by atoms with Gasteiger partial charge in [0.15, 0.2) is 52.4 Å². The maximum atomic E-state index is 11.3. The molecule has 0 bridgehead atoms. The highest BCUT2D eigenvalue weighted by atomic mass is 15.1. The molecule has 96 heavy (non-hydrogen) atoms. The molecule has 0 aliphatic heterocycles. The molecule has 17 aromatic rings. The minimum Gasteiger partial charge on any atom is -0.309 e. The molecule has 0 saturated heterocycles. The second kappa shape index (κ2) is 23.8. The summed E-state index contributed by atoms with van der Waals surface area (Å²) in [5, 5.41) is 25.7. The molecule has 5 aromatic heterocycles. The van der Waals surface area contributed by atoms with Crippen LogP contribution >= 0.6 is 0 Å². The fourth-order valence-corrected chi connectivity index (χ4v) is 12.8. The molecule has 446 valence electrons. The summed E-state index contributed by atoms with van der Waals surface area (Å²) in [7, 11) is 0. The Hall–Kier alpha value is -13.8. The Labute approximate surface area is 550 Å². The average Bonchev–Trinajstić information content (AvgIpc) is 1.56. The number of para-hydroxylation sites is 2. The largest absolute Gasteiger partial charge is 0.309 e. The first kappa shape index (κ1) is 56.2. The summed E-state index contributed by atoms with van der Waals surface area (Å²) in [5.74, 6) is 4.57. The highest BCUT2D eigenvalue weighted by Gasteiger charge is 2.24. The predicted molar refractivity (Wildman–Crippen MR) is 379 cm³/mol. The van der Waals surface area contributed by atoms with Crippen LogP contribution in [0, 0.1) is 22.7 Å². The van der Waals surface area contributed by atoms with Gasteiger partial charge in [0.1, 0.15) is 0 Å². The molecule has 13 nitrogen and oxygen atoms in total. The minimum atomic E-state index is 0.319. The van der Waals surface area contributed by atoms with E-state index in [0.717, 1.165) is 105 Å². The number of nitrogens with zero attached hydrogens (tertiary/aromatic N) is 13. The summed E-state index contributed by atoms with van der Waals surface area (Å²) >= 11 is 0. The van der Waals surface area contributed by atoms with Crippen LogP contribution in [0.4, 0.5) is 0 Å². The Bertz CT molecular complexity index is 5860. The van der Waals surface area contributed by atoms with Gasteiger partial charge in [0.25, 0.3) is 0 Å². The number of hydrogen-bond donors (Lipinski definition) is 0. The molecule has 0 aliphatic carbocycles. The van der Waals surface area contributed by atoms with E-state index in [1.54, 1.807) is 6.07 Å². The van der Waals surface area contributed by atoms with Crippen LogP contribution in [-0.2, 0) is 0 Å². The molecule has 0 aliphatic rings. The fraction of sp³-hybridized carbons (Fsp3) is 0. The molecule has 0 spiro atoms. The SMILES string of the molecule is N#Cc1cccc(-c2cc(-n3c4ccccc4c4cc(-c5nc(-c6ccccc6)nc(-c6ccccc6)n5)ccc43)ccc2-c2nc(-c3ccccc3)nc(-c3ccc(-n4c5ccccc5c5cc(-c6nc(-c7ccccc7)nc(-c7ccccc7)n6)ccc54)cc3C#N)n2)c1. The van der Waals surface area contributed by atoms with Gasteiger partial charge in [-0.15, -0.1) is 0 Å². The number of benzene rings is 12. The van der Waals surface area contributed by atoms with Crippen molar-refractivity contribution in [3.63, 3.8) is 0 Å². The Morgan fingerprint density at radius 1 is 0.219 bits per heavy atom. The molecule has 5 heterocycles. The topological polar surface area (TPSA) is 173 Å². The lowest BCUT2D eigenvalue weighted by atomic mass is 9.96. The number of hydrogen-bond acceptors (Lipinski definition) is 11. The van der Waals surface area contributed by atoms with Crippen molar-refractivity contribution in [2.24, 2.45) is 0 Å². The standard InChI is InChI=1S/C83H49N13/c84-50-52-21-20-32-58(45-52)68-49-63(96-72-36-19-17-34-66(72)70-48-60(38-44-74(70)96)81-90-77(55-26-10-3-11-27-55)87-78(91-81)56-28-12-4-13-29-56)40-42-67(68)83-93-79(57-30-14-5-15-31-57)92-82(94-83)64-41-39-62(46-61(64)51-85)95-71-35-18-16-33-65(71)69-47-59(37-43-73(69)95)80-88-75(53-22-6-1-7-23-53)86-76(89-80)54-24-8-2-9-25-54/h1-49H. The highest BCUT2D eigenvalue weighted by Crippen LogP contribution is 2.41. The maximum Gasteiger partial charge on any atom is 0.165 e. The number of rotatable bonds is 12. The van der Waals surface area contributed by atoms with Crippen LogP contribution in [0.3, 0.4) is 0 Å². The lowest BCUT2D eigenvalue weighted by Crippen LogP contribution is -2.03. The number of nitriles is 2. The van der Waals surface area contributed by atoms with Crippen molar-refractivity contribution < 1.29 is 0 Å². The molecule has 17 rings (SSSR count). The molecular formula is C83H49N13. The van der Waals surface area contributed by atoms with Crippen LogP contribution in [0.2, 0.25) is 0 Å². The molecule has 0 radical (unpaired) electrons. The average molecular weight is 1230 g/mol. The van der Waals surface area contributed by atoms with Crippen LogP contribution in [0.5, 0.6) is 0 Å². The van der Waals surface area contributed by atoms with Gasteiger partial charge in [0.05, 0.1) is 45.3 Å². The van der Waals surface area contributed by atoms with Crippen molar-refractivity contribution >= 4 is 43.6 Å². The summed E-state index contributed by atoms with van der Waals surface area (Å²) in [4.78, 5) is 45.9. The third kappa shape index (κ3) is 10.2. The first-order valence-electron chi connectivity index (χ1n) is 31.3. The van der Waals surface area contributed by atoms with Crippen molar-refractivity contribution in [3.8, 4) is 137 Å². The first-order chi connectivity index (χ1) is 47.5. The Morgan fingerprint density at radius 3 is 0.990 bits per heavy atom. The molecular weight excluding hydrogens is 1180 g/mol. The zero-order valence-electron chi connectivity index (χ0n) is 51.1. The molecule has 0 unspecified atom stereocenters. The van der Waals surface area contributed by atoms with E-state index < -0.39 is 0 Å². The molecule has 0 fully saturated rings. The first-order valence-corrected chi connectivity index (χ1v) is 31.3. The second-order valence-electron chi connectivity index (χ2n) is 23.2. The summed E-state index contributed by atoms with van der Waals surface area (Å²) < 4.78 is 4.45. The van der Waals surface area contributed by atoms with Crippen molar-refractivity contribution in [3.05, 3.63) is 308 Å². The quantitative estimate of drug-likeness (QED) is 0.114. The molecule has 0 amide bonds. The molecule has 12 aromatic carbocycles. The van der Waals surface area contributed by atoms with Crippen molar-refractivity contribution in [1.29, 1.82) is 10.5 Å². The van der Waals surface area contributed by atoms with Gasteiger partial charge < -0.3 is 9.13 Å². The van der Waals surface area contributed by atoms with Gasteiger partial charge in [-0.1, -0.05) is 200 Å². The Kier molecular flexibility index (Phi) is 13.9. The van der Waals surface area contributed by atoms with E-state index in [1.165, 1.54) is 0 Å². The van der Waals surface area contributed by atoms with Crippen molar-refractivity contribution in [2.75, 3.05) is 0 Å². The van der Waals surface area contributed by atoms with Crippen LogP contribution in [0.15, 0.2) is 297 Å². The van der Waals surface area contributed by atoms with Crippen LogP contribution in [0.1, 0.15) is 11.1 Å². The third-order valence-electron chi connectivity index (χ3n) is 17.4. The van der Waals surface area contributed by atoms with Crippen LogP contribution < -0.4 is 0 Å². The van der Waals surface area contributed by atoms with E-state index in [1.807, 2.05) is 212 Å². The molecule has 0 N–H and O–H groups in total. The van der Waals surface area contributed by atoms with E-state index in [4.69, 9.17) is 44.9 Å². The lowest BCUT2D eigenvalue weighted by molar-refractivity contribution is 1.07. The normalized spacial score (nSPS) is 11.3. The van der Waals surface area contributed by atoms with E-state index >= 15 is 0 Å². The van der Waals surface area contributed by atoms with Gasteiger partial charge in [0.2, 0.25) is 0 Å². The third-order valence-corrected chi connectivity index (χ3v) is 17.4. The number of aromatic nitrogens is 11. The summed E-state index contributed by atoms with van der Waals surface area (Å²) in [5.41, 5.74) is 15.2. The van der Waals surface area contributed by atoms with E-state index in [9.17, 15) is 10.5 Å². The fourth-order valence-electron chi connectivity index (χ4n) is 12.8. The molecule has 13 heteroatoms. The molecule has 0 atom stereocenters. The van der Waals surface area contributed by atoms with Gasteiger partial charge >= 0.3 is 0 Å². The molecule has 0 saturated carbocycles. The number of fused-ring (bicyclic) bond motifs is 6. The van der Waals surface area contributed by atoms with Gasteiger partial charge in [-0.3, -0.25) is 0 Å². The van der Waals surface area contributed by atoms with Crippen molar-refractivity contribution in [1.82, 2.24) is 54.0 Å². The Balaban J connectivity index is 0.790. The highest BCUT2D eigenvalue weighted by molar-refractivity contribution is 6.12. The van der Waals surface area contributed by atoms with Gasteiger partial charge in [-0.2, -0.15) is 10.5 Å². The van der Waals surface area contributed by atoms with Gasteiger partial charge in [0, 0.05) is 83.0 Å². The summed E-state index contributed by atoms with van der Waals surface area (Å²) in [6.45, 7) is 0. The zero-order valence-corrected chi connectivity index (χ0v) is 51.1. The Morgan fingerprint density at radius 2 is 0.562 bits per heavy atom. The van der Waals surface area contributed by atoms with Gasteiger partial charge in [-0.25, -0.2) is 44.9 Å². The lowest BCUT2D eigenvalue weighted by Gasteiger charge is -2.16. The summed E-state index contributed by atoms with van der Waals surface area (Å²) in [6, 6.07) is 104. The minimum absolute atomic E-state index is 0.319. The monoisotopic (exact) mass is 1230 g/mol. The van der Waals surface area contributed by atoms with E-state index in [0.29, 0.717) is 74.7 Å². The smallest absolute Gasteiger partial charge is 0.165 e. The second-order valence-corrected chi connectivity index (χ2v) is 23.2. The van der Waals surface area contributed by atoms with E-state index in [-0.39, 0.29) is 0 Å². The van der Waals surface area contributed by atoms with Gasteiger partial charge in [-0.05, 0) is 108 Å². The zero-order chi connectivity index (χ0) is 64.1. The summed E-state index contributed by atoms with van der Waals surface area (Å²) in [6.07, 6.45) is 0. The maximum absolute atomic E-state index is 11.3. The van der Waals surface area contributed by atoms with Crippen molar-refractivity contribution in [2.45, 2.75) is 0 Å². The van der Waals surface area contributed by atoms with Crippen LogP contribution in [0.25, 0.3) is 169 Å². The van der Waals surface area contributed by atoms with E-state index in [2.05, 4.69) is 100 Å². The van der Waals surface area contributed by atoms with Crippen LogP contribution in [-0.4, -0.2) is 54.0 Å². The predicted octanol–water partition coefficient (Wildman–Crippen LogP) is 18.8.